The molecule has 6 heteroatoms. The fourth-order valence-electron chi connectivity index (χ4n) is 2.38. The van der Waals surface area contributed by atoms with Gasteiger partial charge in [0, 0.05) is 12.1 Å². The molecule has 0 fully saturated rings. The zero-order valence-electron chi connectivity index (χ0n) is 14.1. The molecule has 0 amide bonds. The first-order valence-corrected chi connectivity index (χ1v) is 7.84. The molecule has 1 N–H and O–H groups in total. The molecule has 24 heavy (non-hydrogen) atoms. The van der Waals surface area contributed by atoms with Crippen LogP contribution in [0.5, 0.6) is 5.88 Å². The lowest BCUT2D eigenvalue weighted by molar-refractivity contribution is 0.399. The van der Waals surface area contributed by atoms with Crippen LogP contribution in [0.3, 0.4) is 0 Å². The summed E-state index contributed by atoms with van der Waals surface area (Å²) in [5.74, 6) is -0.303. The third-order valence-electron chi connectivity index (χ3n) is 3.77. The summed E-state index contributed by atoms with van der Waals surface area (Å²) in [5, 5.41) is 27.7. The van der Waals surface area contributed by atoms with Crippen molar-refractivity contribution in [2.45, 2.75) is 40.2 Å². The van der Waals surface area contributed by atoms with E-state index < -0.39 is 5.56 Å². The van der Waals surface area contributed by atoms with Crippen molar-refractivity contribution in [3.8, 4) is 11.9 Å². The molecular weight excluding hydrogens is 304 g/mol. The molecule has 2 rings (SSSR count). The van der Waals surface area contributed by atoms with Crippen LogP contribution in [0.1, 0.15) is 36.5 Å². The average Bonchev–Trinajstić information content (AvgIpc) is 2.55. The van der Waals surface area contributed by atoms with Crippen LogP contribution < -0.4 is 5.56 Å². The number of nitrogens with zero attached hydrogens (tertiary/aromatic N) is 4. The number of nitriles is 1. The zero-order chi connectivity index (χ0) is 17.7. The minimum atomic E-state index is -0.436. The van der Waals surface area contributed by atoms with E-state index in [4.69, 9.17) is 0 Å². The summed E-state index contributed by atoms with van der Waals surface area (Å²) in [7, 11) is 0. The second-order valence-electron chi connectivity index (χ2n) is 5.63. The van der Waals surface area contributed by atoms with Crippen LogP contribution in [0.25, 0.3) is 0 Å². The lowest BCUT2D eigenvalue weighted by Crippen LogP contribution is -2.22. The highest BCUT2D eigenvalue weighted by Gasteiger charge is 2.18. The fourth-order valence-corrected chi connectivity index (χ4v) is 2.38. The van der Waals surface area contributed by atoms with Gasteiger partial charge in [-0.15, -0.1) is 5.11 Å². The Labute approximate surface area is 140 Å². The third-order valence-corrected chi connectivity index (χ3v) is 3.77. The Bertz CT molecular complexity index is 876. The molecule has 1 aromatic heterocycles. The topological polar surface area (TPSA) is 90.7 Å². The van der Waals surface area contributed by atoms with Crippen molar-refractivity contribution in [2.24, 2.45) is 10.2 Å². The standard InChI is InChI=1S/C18H20N4O2/c1-4-5-9-22-17(23)15(11-19)13(3)16(18(22)24)21-20-14-8-6-7-12(2)10-14/h6-8,10,23H,4-5,9H2,1-3H3. The molecule has 0 spiro atoms. The predicted octanol–water partition coefficient (Wildman–Crippen LogP) is 4.26. The number of pyridine rings is 1. The largest absolute Gasteiger partial charge is 0.493 e. The van der Waals surface area contributed by atoms with Crippen molar-refractivity contribution in [1.29, 1.82) is 5.26 Å². The van der Waals surface area contributed by atoms with E-state index in [1.54, 1.807) is 13.0 Å². The lowest BCUT2D eigenvalue weighted by Gasteiger charge is -2.12. The van der Waals surface area contributed by atoms with E-state index >= 15 is 0 Å². The van der Waals surface area contributed by atoms with Crippen LogP contribution in [0.4, 0.5) is 11.4 Å². The van der Waals surface area contributed by atoms with Crippen LogP contribution in [-0.4, -0.2) is 9.67 Å². The lowest BCUT2D eigenvalue weighted by atomic mass is 10.1. The van der Waals surface area contributed by atoms with Crippen LogP contribution in [0.2, 0.25) is 0 Å². The van der Waals surface area contributed by atoms with Crippen molar-refractivity contribution in [3.63, 3.8) is 0 Å². The maximum atomic E-state index is 12.6. The number of aromatic hydroxyl groups is 1. The van der Waals surface area contributed by atoms with Gasteiger partial charge in [-0.05, 0) is 38.0 Å². The van der Waals surface area contributed by atoms with Crippen LogP contribution >= 0.6 is 0 Å². The number of azo groups is 1. The number of aryl methyl sites for hydroxylation is 1. The first kappa shape index (κ1) is 17.4. The first-order chi connectivity index (χ1) is 11.5. The van der Waals surface area contributed by atoms with E-state index in [1.165, 1.54) is 4.57 Å². The van der Waals surface area contributed by atoms with E-state index in [0.717, 1.165) is 18.4 Å². The highest BCUT2D eigenvalue weighted by atomic mass is 16.3. The quantitative estimate of drug-likeness (QED) is 0.833. The molecule has 0 aliphatic heterocycles. The third kappa shape index (κ3) is 3.51. The minimum Gasteiger partial charge on any atom is -0.493 e. The molecule has 2 aromatic rings. The number of unbranched alkanes of at least 4 members (excludes halogenated alkanes) is 1. The Morgan fingerprint density at radius 1 is 1.29 bits per heavy atom. The molecule has 0 radical (unpaired) electrons. The van der Waals surface area contributed by atoms with Crippen molar-refractivity contribution in [3.05, 3.63) is 51.3 Å². The van der Waals surface area contributed by atoms with Crippen molar-refractivity contribution < 1.29 is 5.11 Å². The van der Waals surface area contributed by atoms with Gasteiger partial charge in [0.15, 0.2) is 5.69 Å². The van der Waals surface area contributed by atoms with Gasteiger partial charge >= 0.3 is 0 Å². The molecule has 0 aliphatic rings. The summed E-state index contributed by atoms with van der Waals surface area (Å²) < 4.78 is 1.19. The van der Waals surface area contributed by atoms with Crippen molar-refractivity contribution in [2.75, 3.05) is 0 Å². The molecule has 124 valence electrons. The monoisotopic (exact) mass is 324 g/mol. The molecule has 1 heterocycles. The van der Waals surface area contributed by atoms with Crippen LogP contribution in [0.15, 0.2) is 39.3 Å². The second kappa shape index (κ2) is 7.55. The Balaban J connectivity index is 2.57. The SMILES string of the molecule is CCCCn1c(O)c(C#N)c(C)c(N=Nc2cccc(C)c2)c1=O. The van der Waals surface area contributed by atoms with E-state index in [2.05, 4.69) is 10.2 Å². The Kier molecular flexibility index (Phi) is 5.48. The summed E-state index contributed by atoms with van der Waals surface area (Å²) in [6.07, 6.45) is 1.58. The fraction of sp³-hybridized carbons (Fsp3) is 0.333. The normalized spacial score (nSPS) is 10.9. The van der Waals surface area contributed by atoms with Gasteiger partial charge < -0.3 is 5.11 Å². The molecule has 0 atom stereocenters. The maximum Gasteiger partial charge on any atom is 0.281 e. The summed E-state index contributed by atoms with van der Waals surface area (Å²) >= 11 is 0. The maximum absolute atomic E-state index is 12.6. The van der Waals surface area contributed by atoms with E-state index in [-0.39, 0.29) is 17.1 Å². The summed E-state index contributed by atoms with van der Waals surface area (Å²) in [4.78, 5) is 12.6. The molecule has 0 saturated carbocycles. The van der Waals surface area contributed by atoms with Gasteiger partial charge in [0.1, 0.15) is 11.6 Å². The van der Waals surface area contributed by atoms with Gasteiger partial charge in [0.2, 0.25) is 5.88 Å². The highest BCUT2D eigenvalue weighted by Crippen LogP contribution is 2.27. The second-order valence-corrected chi connectivity index (χ2v) is 5.63. The van der Waals surface area contributed by atoms with Gasteiger partial charge in [-0.25, -0.2) is 0 Å². The number of hydrogen-bond donors (Lipinski definition) is 1. The van der Waals surface area contributed by atoms with Crippen LogP contribution in [0, 0.1) is 25.2 Å². The molecule has 0 unspecified atom stereocenters. The summed E-state index contributed by atoms with van der Waals surface area (Å²) in [6.45, 7) is 5.85. The van der Waals surface area contributed by atoms with Crippen LogP contribution in [-0.2, 0) is 6.54 Å². The number of hydrogen-bond acceptors (Lipinski definition) is 5. The molecule has 1 aromatic carbocycles. The molecular formula is C18H20N4O2. The van der Waals surface area contributed by atoms with Gasteiger partial charge in [-0.3, -0.25) is 9.36 Å². The molecule has 0 bridgehead atoms. The smallest absolute Gasteiger partial charge is 0.281 e. The minimum absolute atomic E-state index is 0.0592. The van der Waals surface area contributed by atoms with Gasteiger partial charge in [0.25, 0.3) is 5.56 Å². The average molecular weight is 324 g/mol. The summed E-state index contributed by atoms with van der Waals surface area (Å²) in [6, 6.07) is 9.37. The predicted molar refractivity (Wildman–Crippen MR) is 92.1 cm³/mol. The Morgan fingerprint density at radius 2 is 2.04 bits per heavy atom. The first-order valence-electron chi connectivity index (χ1n) is 7.84. The number of rotatable bonds is 5. The Hall–Kier alpha value is -2.94. The Morgan fingerprint density at radius 3 is 2.67 bits per heavy atom. The van der Waals surface area contributed by atoms with E-state index in [1.807, 2.05) is 38.1 Å². The van der Waals surface area contributed by atoms with Crippen molar-refractivity contribution in [1.82, 2.24) is 4.57 Å². The van der Waals surface area contributed by atoms with E-state index in [0.29, 0.717) is 17.8 Å². The number of benzene rings is 1. The van der Waals surface area contributed by atoms with Gasteiger partial charge in [0.05, 0.1) is 5.69 Å². The molecule has 0 aliphatic carbocycles. The van der Waals surface area contributed by atoms with Crippen molar-refractivity contribution >= 4 is 11.4 Å². The molecule has 6 nitrogen and oxygen atoms in total. The number of aromatic nitrogens is 1. The summed E-state index contributed by atoms with van der Waals surface area (Å²) in [5.41, 5.74) is 1.70. The zero-order valence-corrected chi connectivity index (χ0v) is 14.1. The highest BCUT2D eigenvalue weighted by molar-refractivity contribution is 5.56. The van der Waals surface area contributed by atoms with Gasteiger partial charge in [-0.2, -0.15) is 10.4 Å². The van der Waals surface area contributed by atoms with Gasteiger partial charge in [-0.1, -0.05) is 25.5 Å². The molecule has 0 saturated heterocycles. The van der Waals surface area contributed by atoms with E-state index in [9.17, 15) is 15.2 Å².